The first kappa shape index (κ1) is 13.9. The van der Waals surface area contributed by atoms with E-state index in [4.69, 9.17) is 4.74 Å². The second-order valence-corrected chi connectivity index (χ2v) is 5.10. The molecule has 106 valence electrons. The highest BCUT2D eigenvalue weighted by atomic mass is 16.5. The van der Waals surface area contributed by atoms with Crippen LogP contribution in [0.1, 0.15) is 19.8 Å². The van der Waals surface area contributed by atoms with Crippen molar-refractivity contribution in [3.8, 4) is 0 Å². The summed E-state index contributed by atoms with van der Waals surface area (Å²) in [4.78, 5) is 13.8. The fraction of sp³-hybridized carbons (Fsp3) is 0.692. The number of ether oxygens (including phenoxy) is 1. The number of aromatic nitrogens is 2. The first-order valence-corrected chi connectivity index (χ1v) is 6.67. The molecule has 0 radical (unpaired) electrons. The molecule has 1 N–H and O–H groups in total. The van der Waals surface area contributed by atoms with Crippen molar-refractivity contribution < 1.29 is 9.53 Å². The summed E-state index contributed by atoms with van der Waals surface area (Å²) in [7, 11) is 3.49. The zero-order chi connectivity index (χ0) is 13.8. The first-order chi connectivity index (χ1) is 9.11. The van der Waals surface area contributed by atoms with Gasteiger partial charge in [-0.15, -0.1) is 0 Å². The number of hydrogen-bond acceptors (Lipinski definition) is 3. The minimum Gasteiger partial charge on any atom is -0.383 e. The molecule has 0 bridgehead atoms. The maximum atomic E-state index is 12.1. The predicted octanol–water partition coefficient (Wildman–Crippen LogP) is 1.79. The minimum atomic E-state index is -0.0781. The van der Waals surface area contributed by atoms with Gasteiger partial charge in [0.1, 0.15) is 0 Å². The molecule has 1 aliphatic rings. The van der Waals surface area contributed by atoms with E-state index in [0.29, 0.717) is 25.1 Å². The van der Waals surface area contributed by atoms with E-state index >= 15 is 0 Å². The lowest BCUT2D eigenvalue weighted by Gasteiger charge is -2.24. The van der Waals surface area contributed by atoms with Crippen LogP contribution in [0.25, 0.3) is 0 Å². The molecule has 1 fully saturated rings. The number of rotatable bonds is 6. The van der Waals surface area contributed by atoms with Crippen molar-refractivity contribution in [3.63, 3.8) is 0 Å². The molecule has 1 atom stereocenters. The highest BCUT2D eigenvalue weighted by Gasteiger charge is 2.32. The first-order valence-electron chi connectivity index (χ1n) is 6.67. The molecule has 1 saturated carbocycles. The third-order valence-electron chi connectivity index (χ3n) is 3.64. The van der Waals surface area contributed by atoms with Crippen LogP contribution >= 0.6 is 0 Å². The number of carbonyl (C=O) groups excluding carboxylic acids is 1. The van der Waals surface area contributed by atoms with Gasteiger partial charge in [-0.25, -0.2) is 4.79 Å². The van der Waals surface area contributed by atoms with Gasteiger partial charge in [-0.1, -0.05) is 0 Å². The molecule has 1 aromatic rings. The Labute approximate surface area is 113 Å². The van der Waals surface area contributed by atoms with Gasteiger partial charge in [0, 0.05) is 26.4 Å². The van der Waals surface area contributed by atoms with Crippen molar-refractivity contribution in [3.05, 3.63) is 12.4 Å². The van der Waals surface area contributed by atoms with Crippen LogP contribution in [-0.4, -0.2) is 47.5 Å². The lowest BCUT2D eigenvalue weighted by molar-refractivity contribution is 0.183. The lowest BCUT2D eigenvalue weighted by Crippen LogP contribution is -2.39. The van der Waals surface area contributed by atoms with Crippen molar-refractivity contribution in [1.29, 1.82) is 0 Å². The van der Waals surface area contributed by atoms with Gasteiger partial charge in [0.2, 0.25) is 0 Å². The van der Waals surface area contributed by atoms with Crippen LogP contribution in [0.15, 0.2) is 12.4 Å². The van der Waals surface area contributed by atoms with Crippen LogP contribution in [0.3, 0.4) is 0 Å². The summed E-state index contributed by atoms with van der Waals surface area (Å²) in [5, 5.41) is 7.03. The summed E-state index contributed by atoms with van der Waals surface area (Å²) in [5.41, 5.74) is 0.718. The normalized spacial score (nSPS) is 16.2. The molecule has 0 spiro atoms. The van der Waals surface area contributed by atoms with Crippen LogP contribution in [0.2, 0.25) is 0 Å². The average molecular weight is 266 g/mol. The standard InChI is InChI=1S/C13H22N4O2/c1-10(11-4-5-11)16(2)13(18)15-12-8-14-17(9-12)6-7-19-3/h8-11H,4-7H2,1-3H3,(H,15,18)/t10-/m0/s1. The van der Waals surface area contributed by atoms with Gasteiger partial charge in [0.05, 0.1) is 25.0 Å². The molecular weight excluding hydrogens is 244 g/mol. The molecule has 0 aliphatic heterocycles. The fourth-order valence-corrected chi connectivity index (χ4v) is 2.03. The highest BCUT2D eigenvalue weighted by Crippen LogP contribution is 2.34. The van der Waals surface area contributed by atoms with Crippen molar-refractivity contribution in [2.24, 2.45) is 5.92 Å². The summed E-state index contributed by atoms with van der Waals surface area (Å²) in [6.07, 6.45) is 5.93. The maximum absolute atomic E-state index is 12.1. The quantitative estimate of drug-likeness (QED) is 0.854. The van der Waals surface area contributed by atoms with Gasteiger partial charge in [0.25, 0.3) is 0 Å². The van der Waals surface area contributed by atoms with Crippen LogP contribution in [0.4, 0.5) is 10.5 Å². The molecule has 2 rings (SSSR count). The number of nitrogens with one attached hydrogen (secondary N) is 1. The van der Waals surface area contributed by atoms with Gasteiger partial charge in [-0.2, -0.15) is 5.10 Å². The lowest BCUT2D eigenvalue weighted by atomic mass is 10.2. The Kier molecular flexibility index (Phi) is 4.42. The van der Waals surface area contributed by atoms with Crippen molar-refractivity contribution in [2.45, 2.75) is 32.4 Å². The van der Waals surface area contributed by atoms with Gasteiger partial charge in [0.15, 0.2) is 0 Å². The molecule has 0 unspecified atom stereocenters. The third-order valence-corrected chi connectivity index (χ3v) is 3.64. The summed E-state index contributed by atoms with van der Waals surface area (Å²) in [5.74, 6) is 0.667. The fourth-order valence-electron chi connectivity index (χ4n) is 2.03. The molecule has 1 aliphatic carbocycles. The number of carbonyl (C=O) groups is 1. The van der Waals surface area contributed by atoms with E-state index in [1.807, 2.05) is 13.2 Å². The van der Waals surface area contributed by atoms with E-state index in [0.717, 1.165) is 5.69 Å². The molecule has 1 aromatic heterocycles. The maximum Gasteiger partial charge on any atom is 0.321 e. The molecule has 0 aromatic carbocycles. The van der Waals surface area contributed by atoms with E-state index in [2.05, 4.69) is 17.3 Å². The van der Waals surface area contributed by atoms with Crippen LogP contribution in [0, 0.1) is 5.92 Å². The van der Waals surface area contributed by atoms with Crippen molar-refractivity contribution in [1.82, 2.24) is 14.7 Å². The SMILES string of the molecule is COCCn1cc(NC(=O)N(C)[C@@H](C)C2CC2)cn1. The van der Waals surface area contributed by atoms with Crippen LogP contribution in [0.5, 0.6) is 0 Å². The van der Waals surface area contributed by atoms with Gasteiger partial charge in [-0.05, 0) is 25.7 Å². The van der Waals surface area contributed by atoms with E-state index in [1.165, 1.54) is 12.8 Å². The van der Waals surface area contributed by atoms with Gasteiger partial charge >= 0.3 is 6.03 Å². The highest BCUT2D eigenvalue weighted by molar-refractivity contribution is 5.89. The van der Waals surface area contributed by atoms with E-state index in [1.54, 1.807) is 22.9 Å². The molecule has 6 nitrogen and oxygen atoms in total. The Bertz CT molecular complexity index is 428. The Balaban J connectivity index is 1.85. The average Bonchev–Trinajstić information content (AvgIpc) is 3.16. The van der Waals surface area contributed by atoms with Gasteiger partial charge < -0.3 is 15.0 Å². The second-order valence-electron chi connectivity index (χ2n) is 5.10. The molecule has 19 heavy (non-hydrogen) atoms. The van der Waals surface area contributed by atoms with E-state index in [-0.39, 0.29) is 6.03 Å². The zero-order valence-corrected chi connectivity index (χ0v) is 11.8. The molecular formula is C13H22N4O2. The van der Waals surface area contributed by atoms with Crippen molar-refractivity contribution in [2.75, 3.05) is 26.1 Å². The summed E-state index contributed by atoms with van der Waals surface area (Å²) < 4.78 is 6.74. The molecule has 0 saturated heterocycles. The van der Waals surface area contributed by atoms with Crippen LogP contribution < -0.4 is 5.32 Å². The number of hydrogen-bond donors (Lipinski definition) is 1. The van der Waals surface area contributed by atoms with E-state index < -0.39 is 0 Å². The number of anilines is 1. The third kappa shape index (κ3) is 3.70. The summed E-state index contributed by atoms with van der Waals surface area (Å²) in [6.45, 7) is 3.38. The number of urea groups is 1. The monoisotopic (exact) mass is 266 g/mol. The Hall–Kier alpha value is -1.56. The van der Waals surface area contributed by atoms with Crippen LogP contribution in [-0.2, 0) is 11.3 Å². The topological polar surface area (TPSA) is 59.4 Å². The Morgan fingerprint density at radius 1 is 1.68 bits per heavy atom. The summed E-state index contributed by atoms with van der Waals surface area (Å²) >= 11 is 0. The predicted molar refractivity (Wildman–Crippen MR) is 73.1 cm³/mol. The largest absolute Gasteiger partial charge is 0.383 e. The smallest absolute Gasteiger partial charge is 0.321 e. The molecule has 2 amide bonds. The molecule has 1 heterocycles. The van der Waals surface area contributed by atoms with E-state index in [9.17, 15) is 4.79 Å². The number of nitrogens with zero attached hydrogens (tertiary/aromatic N) is 3. The second kappa shape index (κ2) is 6.06. The minimum absolute atomic E-state index is 0.0781. The van der Waals surface area contributed by atoms with Crippen molar-refractivity contribution >= 4 is 11.7 Å². The van der Waals surface area contributed by atoms with Gasteiger partial charge in [-0.3, -0.25) is 4.68 Å². The number of amides is 2. The number of methoxy groups -OCH3 is 1. The molecule has 6 heteroatoms. The Morgan fingerprint density at radius 3 is 3.05 bits per heavy atom. The zero-order valence-electron chi connectivity index (χ0n) is 11.8. The Morgan fingerprint density at radius 2 is 2.42 bits per heavy atom. The summed E-state index contributed by atoms with van der Waals surface area (Å²) in [6, 6.07) is 0.217.